The molecule has 4 aromatic rings. The zero-order valence-electron chi connectivity index (χ0n) is 20.4. The second-order valence-corrected chi connectivity index (χ2v) is 11.1. The van der Waals surface area contributed by atoms with E-state index in [2.05, 4.69) is 0 Å². The van der Waals surface area contributed by atoms with Crippen molar-refractivity contribution in [1.82, 2.24) is 4.98 Å². The molecule has 8 heteroatoms. The van der Waals surface area contributed by atoms with Crippen molar-refractivity contribution in [2.24, 2.45) is 0 Å². The number of benzene rings is 3. The van der Waals surface area contributed by atoms with Crippen LogP contribution in [0.25, 0.3) is 31.9 Å². The Kier molecular flexibility index (Phi) is 6.41. The topological polar surface area (TPSA) is 77.9 Å². The number of aromatic nitrogens is 1. The van der Waals surface area contributed by atoms with Crippen molar-refractivity contribution in [2.75, 3.05) is 13.2 Å². The first-order valence-electron chi connectivity index (χ1n) is 11.6. The second-order valence-electron chi connectivity index (χ2n) is 9.66. The number of fused-ring (bicyclic) bond motifs is 2. The lowest BCUT2D eigenvalue weighted by atomic mass is 9.91. The standard InChI is InChI=1S/C28H26ClNO5S/c1-15-13-19-25(36-26(30-19)17-7-10-20-21(14-17)34-12-11-33-20)23(16-5-8-18(29)9-6-16)22(15)24(27(31)32)35-28(2,3)4/h5-10,13-14,24H,11-12H2,1-4H3,(H,31,32)/t24-/m0/s1. The SMILES string of the molecule is Cc1cc2nc(-c3ccc4c(c3)OCCO4)sc2c(-c2ccc(Cl)cc2)c1[C@H](OC(C)(C)C)C(=O)O. The molecule has 0 unspecified atom stereocenters. The lowest BCUT2D eigenvalue weighted by Gasteiger charge is -2.28. The van der Waals surface area contributed by atoms with Gasteiger partial charge in [-0.1, -0.05) is 23.7 Å². The van der Waals surface area contributed by atoms with Gasteiger partial charge in [0.1, 0.15) is 18.2 Å². The summed E-state index contributed by atoms with van der Waals surface area (Å²) in [4.78, 5) is 17.4. The highest BCUT2D eigenvalue weighted by Crippen LogP contribution is 2.45. The van der Waals surface area contributed by atoms with Crippen molar-refractivity contribution in [3.05, 3.63) is 64.7 Å². The minimum absolute atomic E-state index is 0.504. The van der Waals surface area contributed by atoms with E-state index in [1.165, 1.54) is 11.3 Å². The molecule has 0 spiro atoms. The highest BCUT2D eigenvalue weighted by atomic mass is 35.5. The number of carboxylic acid groups (broad SMARTS) is 1. The number of aliphatic carboxylic acids is 1. The Morgan fingerprint density at radius 1 is 1.06 bits per heavy atom. The van der Waals surface area contributed by atoms with E-state index in [1.807, 2.05) is 64.1 Å². The number of halogens is 1. The van der Waals surface area contributed by atoms with Crippen molar-refractivity contribution in [3.8, 4) is 33.2 Å². The molecule has 0 saturated heterocycles. The number of thiazole rings is 1. The molecule has 0 amide bonds. The van der Waals surface area contributed by atoms with Crippen LogP contribution in [0.1, 0.15) is 38.0 Å². The van der Waals surface area contributed by atoms with E-state index in [0.29, 0.717) is 29.5 Å². The molecule has 0 saturated carbocycles. The predicted molar refractivity (Wildman–Crippen MR) is 142 cm³/mol. The zero-order valence-corrected chi connectivity index (χ0v) is 22.0. The molecule has 1 N–H and O–H groups in total. The van der Waals surface area contributed by atoms with E-state index in [4.69, 9.17) is 30.8 Å². The van der Waals surface area contributed by atoms with Gasteiger partial charge in [0.15, 0.2) is 17.6 Å². The van der Waals surface area contributed by atoms with Gasteiger partial charge in [-0.25, -0.2) is 9.78 Å². The quantitative estimate of drug-likeness (QED) is 0.295. The number of ether oxygens (including phenoxy) is 3. The first-order valence-corrected chi connectivity index (χ1v) is 12.8. The molecule has 0 fully saturated rings. The van der Waals surface area contributed by atoms with E-state index in [-0.39, 0.29) is 0 Å². The molecule has 0 radical (unpaired) electrons. The van der Waals surface area contributed by atoms with Crippen molar-refractivity contribution >= 4 is 39.1 Å². The Morgan fingerprint density at radius 2 is 1.72 bits per heavy atom. The lowest BCUT2D eigenvalue weighted by Crippen LogP contribution is -2.28. The Morgan fingerprint density at radius 3 is 2.39 bits per heavy atom. The number of aryl methyl sites for hydroxylation is 1. The summed E-state index contributed by atoms with van der Waals surface area (Å²) in [5.74, 6) is 0.367. The Labute approximate surface area is 218 Å². The predicted octanol–water partition coefficient (Wildman–Crippen LogP) is 7.30. The second kappa shape index (κ2) is 9.39. The smallest absolute Gasteiger partial charge is 0.337 e. The van der Waals surface area contributed by atoms with Gasteiger partial charge in [0.2, 0.25) is 0 Å². The fourth-order valence-electron chi connectivity index (χ4n) is 4.34. The average Bonchev–Trinajstić information content (AvgIpc) is 3.25. The van der Waals surface area contributed by atoms with Crippen molar-refractivity contribution < 1.29 is 24.1 Å². The summed E-state index contributed by atoms with van der Waals surface area (Å²) < 4.78 is 18.4. The number of hydrogen-bond acceptors (Lipinski definition) is 6. The zero-order chi connectivity index (χ0) is 25.6. The molecule has 5 rings (SSSR count). The van der Waals surface area contributed by atoms with Crippen LogP contribution in [0.2, 0.25) is 5.02 Å². The number of carboxylic acids is 1. The van der Waals surface area contributed by atoms with Crippen LogP contribution in [0.4, 0.5) is 0 Å². The van der Waals surface area contributed by atoms with Crippen LogP contribution < -0.4 is 9.47 Å². The summed E-state index contributed by atoms with van der Waals surface area (Å²) in [7, 11) is 0. The van der Waals surface area contributed by atoms with Gasteiger partial charge in [0, 0.05) is 21.7 Å². The van der Waals surface area contributed by atoms with Crippen LogP contribution in [-0.4, -0.2) is 34.9 Å². The van der Waals surface area contributed by atoms with Crippen LogP contribution >= 0.6 is 22.9 Å². The van der Waals surface area contributed by atoms with Crippen molar-refractivity contribution in [1.29, 1.82) is 0 Å². The molecule has 0 bridgehead atoms. The summed E-state index contributed by atoms with van der Waals surface area (Å²) >= 11 is 7.69. The molecule has 3 aromatic carbocycles. The van der Waals surface area contributed by atoms with Gasteiger partial charge in [-0.3, -0.25) is 0 Å². The molecule has 1 aliphatic heterocycles. The minimum Gasteiger partial charge on any atom is -0.486 e. The van der Waals surface area contributed by atoms with E-state index in [1.54, 1.807) is 12.1 Å². The monoisotopic (exact) mass is 523 g/mol. The molecule has 0 aliphatic carbocycles. The first kappa shape index (κ1) is 24.6. The molecule has 6 nitrogen and oxygen atoms in total. The fraction of sp³-hybridized carbons (Fsp3) is 0.286. The molecule has 1 aromatic heterocycles. The van der Waals surface area contributed by atoms with Gasteiger partial charge in [-0.05, 0) is 75.2 Å². The summed E-state index contributed by atoms with van der Waals surface area (Å²) in [5, 5.41) is 11.6. The average molecular weight is 524 g/mol. The van der Waals surface area contributed by atoms with Crippen LogP contribution in [0.5, 0.6) is 11.5 Å². The molecule has 2 heterocycles. The molecule has 1 atom stereocenters. The van der Waals surface area contributed by atoms with Gasteiger partial charge >= 0.3 is 5.97 Å². The Hall–Kier alpha value is -3.13. The maximum Gasteiger partial charge on any atom is 0.337 e. The van der Waals surface area contributed by atoms with E-state index < -0.39 is 17.7 Å². The van der Waals surface area contributed by atoms with Gasteiger partial charge in [0.25, 0.3) is 0 Å². The normalized spacial score (nSPS) is 14.1. The maximum atomic E-state index is 12.5. The van der Waals surface area contributed by atoms with Gasteiger partial charge in [0.05, 0.1) is 15.8 Å². The van der Waals surface area contributed by atoms with Crippen molar-refractivity contribution in [2.45, 2.75) is 39.4 Å². The lowest BCUT2D eigenvalue weighted by molar-refractivity contribution is -0.160. The fourth-order valence-corrected chi connectivity index (χ4v) is 5.59. The summed E-state index contributed by atoms with van der Waals surface area (Å²) in [6, 6.07) is 15.1. The third kappa shape index (κ3) is 4.78. The largest absolute Gasteiger partial charge is 0.486 e. The molecular formula is C28H26ClNO5S. The summed E-state index contributed by atoms with van der Waals surface area (Å²) in [6.07, 6.45) is -1.15. The number of carbonyl (C=O) groups is 1. The maximum absolute atomic E-state index is 12.5. The van der Waals surface area contributed by atoms with Gasteiger partial charge in [-0.2, -0.15) is 0 Å². The van der Waals surface area contributed by atoms with Crippen LogP contribution in [0.3, 0.4) is 0 Å². The van der Waals surface area contributed by atoms with Gasteiger partial charge < -0.3 is 19.3 Å². The first-order chi connectivity index (χ1) is 17.1. The van der Waals surface area contributed by atoms with Crippen molar-refractivity contribution in [3.63, 3.8) is 0 Å². The van der Waals surface area contributed by atoms with Crippen LogP contribution in [0.15, 0.2) is 48.5 Å². The summed E-state index contributed by atoms with van der Waals surface area (Å²) in [6.45, 7) is 8.49. The number of nitrogens with zero attached hydrogens (tertiary/aromatic N) is 1. The van der Waals surface area contributed by atoms with E-state index in [9.17, 15) is 9.90 Å². The third-order valence-corrected chi connectivity index (χ3v) is 7.20. The number of hydrogen-bond donors (Lipinski definition) is 1. The molecule has 1 aliphatic rings. The molecule has 186 valence electrons. The molecular weight excluding hydrogens is 498 g/mol. The van der Waals surface area contributed by atoms with E-state index >= 15 is 0 Å². The minimum atomic E-state index is -1.15. The highest BCUT2D eigenvalue weighted by Gasteiger charge is 2.32. The summed E-state index contributed by atoms with van der Waals surface area (Å²) in [5.41, 5.74) is 4.08. The van der Waals surface area contributed by atoms with Gasteiger partial charge in [-0.15, -0.1) is 11.3 Å². The highest BCUT2D eigenvalue weighted by molar-refractivity contribution is 7.22. The third-order valence-electron chi connectivity index (χ3n) is 5.81. The van der Waals surface area contributed by atoms with E-state index in [0.717, 1.165) is 43.2 Å². The molecule has 36 heavy (non-hydrogen) atoms. The Balaban J connectivity index is 1.75. The van der Waals surface area contributed by atoms with Crippen LogP contribution in [-0.2, 0) is 9.53 Å². The Bertz CT molecular complexity index is 1460. The number of rotatable bonds is 5. The van der Waals surface area contributed by atoms with Crippen LogP contribution in [0, 0.1) is 6.92 Å².